The summed E-state index contributed by atoms with van der Waals surface area (Å²) >= 11 is 16.6. The lowest BCUT2D eigenvalue weighted by Crippen LogP contribution is -2.28. The molecule has 0 unspecified atom stereocenters. The van der Waals surface area contributed by atoms with Gasteiger partial charge in [0.05, 0.1) is 25.4 Å². The van der Waals surface area contributed by atoms with Crippen molar-refractivity contribution in [1.29, 1.82) is 0 Å². The van der Waals surface area contributed by atoms with Crippen LogP contribution in [-0.4, -0.2) is 11.5 Å². The number of unbranched alkanes of at least 4 members (excludes halogenated alkanes) is 2. The van der Waals surface area contributed by atoms with Crippen LogP contribution in [0.15, 0.2) is 86.1 Å². The zero-order chi connectivity index (χ0) is 29.6. The maximum Gasteiger partial charge on any atom is 0.0717 e. The molecule has 0 atom stereocenters. The van der Waals surface area contributed by atoms with Crippen molar-refractivity contribution in [3.8, 4) is 0 Å². The third-order valence-corrected chi connectivity index (χ3v) is 20.5. The highest BCUT2D eigenvalue weighted by atomic mass is 32.3. The second-order valence-corrected chi connectivity index (χ2v) is 21.3. The number of hydrogen-bond donors (Lipinski definition) is 0. The van der Waals surface area contributed by atoms with Gasteiger partial charge in [0.25, 0.3) is 0 Å². The van der Waals surface area contributed by atoms with Crippen LogP contribution in [-0.2, 0) is 11.5 Å². The Labute approximate surface area is 296 Å². The molecular formula is C36H34S8. The van der Waals surface area contributed by atoms with E-state index in [2.05, 4.69) is 145 Å². The van der Waals surface area contributed by atoms with Crippen LogP contribution in [0.4, 0.5) is 0 Å². The minimum atomic E-state index is 0.357. The Morgan fingerprint density at radius 2 is 0.955 bits per heavy atom. The number of benzene rings is 3. The molecule has 44 heavy (non-hydrogen) atoms. The minimum absolute atomic E-state index is 0.357. The van der Waals surface area contributed by atoms with Crippen LogP contribution in [0.25, 0.3) is 0 Å². The van der Waals surface area contributed by atoms with E-state index >= 15 is 0 Å². The fraction of sp³-hybridized carbons (Fsp3) is 0.333. The SMILES string of the molecule is CCCCSC1=C(SCCCC)SC(=C2SC3=C(SCc4cc5c(cc4CS3)C3c4ccccc4C5c4ccccc43)S2)S1. The fourth-order valence-corrected chi connectivity index (χ4v) is 18.9. The minimum Gasteiger partial charge on any atom is -0.117 e. The third-order valence-electron chi connectivity index (χ3n) is 8.68. The Morgan fingerprint density at radius 3 is 1.36 bits per heavy atom. The molecule has 0 radical (unpaired) electrons. The average Bonchev–Trinajstić information content (AvgIpc) is 3.65. The van der Waals surface area contributed by atoms with Gasteiger partial charge in [-0.25, -0.2) is 0 Å². The molecule has 9 rings (SSSR count). The standard InChI is InChI=1S/C36H34S8/c1-3-5-15-37-31-32(38-16-6-4-2)42-35(41-31)36-43-33-34(44-36)40-20-22-18-28-27(17-21(22)19-39-33)29-23-11-7-8-12-24(23)30(28)26-14-10-9-13-25(26)29/h7-14,17-18,29-30H,3-6,15-16,19-20H2,1-2H3. The summed E-state index contributed by atoms with van der Waals surface area (Å²) in [6.07, 6.45) is 5.14. The molecule has 0 nitrogen and oxygen atoms in total. The molecule has 0 N–H and O–H groups in total. The number of hydrogen-bond acceptors (Lipinski definition) is 8. The van der Waals surface area contributed by atoms with Gasteiger partial charge in [0.1, 0.15) is 0 Å². The van der Waals surface area contributed by atoms with E-state index in [-0.39, 0.29) is 0 Å². The summed E-state index contributed by atoms with van der Waals surface area (Å²) in [5.74, 6) is 5.31. The first-order valence-corrected chi connectivity index (χ1v) is 22.7. The smallest absolute Gasteiger partial charge is 0.0717 e. The van der Waals surface area contributed by atoms with Crippen molar-refractivity contribution in [2.45, 2.75) is 62.9 Å². The van der Waals surface area contributed by atoms with E-state index in [4.69, 9.17) is 0 Å². The highest BCUT2D eigenvalue weighted by molar-refractivity contribution is 8.45. The Morgan fingerprint density at radius 1 is 0.545 bits per heavy atom. The maximum absolute atomic E-state index is 2.60. The van der Waals surface area contributed by atoms with Gasteiger partial charge in [-0.2, -0.15) is 0 Å². The maximum atomic E-state index is 2.60. The monoisotopic (exact) mass is 722 g/mol. The second-order valence-electron chi connectivity index (χ2n) is 11.5. The lowest BCUT2D eigenvalue weighted by Gasteiger charge is -2.42. The van der Waals surface area contributed by atoms with Crippen molar-refractivity contribution in [2.24, 2.45) is 0 Å². The molecule has 0 fully saturated rings. The van der Waals surface area contributed by atoms with E-state index in [0.717, 1.165) is 11.5 Å². The quantitative estimate of drug-likeness (QED) is 0.143. The van der Waals surface area contributed by atoms with Crippen LogP contribution in [0.3, 0.4) is 0 Å². The van der Waals surface area contributed by atoms with Crippen LogP contribution >= 0.6 is 94.1 Å². The molecule has 3 heterocycles. The molecule has 0 aromatic heterocycles. The summed E-state index contributed by atoms with van der Waals surface area (Å²) < 4.78 is 9.20. The molecule has 3 aromatic carbocycles. The van der Waals surface area contributed by atoms with E-state index in [1.165, 1.54) is 87.5 Å². The van der Waals surface area contributed by atoms with Crippen molar-refractivity contribution in [1.82, 2.24) is 0 Å². The molecule has 8 heteroatoms. The van der Waals surface area contributed by atoms with E-state index in [0.29, 0.717) is 11.8 Å². The van der Waals surface area contributed by atoms with Gasteiger partial charge < -0.3 is 0 Å². The Bertz CT molecular complexity index is 1550. The predicted molar refractivity (Wildman–Crippen MR) is 210 cm³/mol. The van der Waals surface area contributed by atoms with Crippen LogP contribution in [0.5, 0.6) is 0 Å². The molecule has 3 aliphatic heterocycles. The molecule has 3 aliphatic carbocycles. The Balaban J connectivity index is 1.04. The molecule has 226 valence electrons. The van der Waals surface area contributed by atoms with Gasteiger partial charge in [-0.15, -0.1) is 47.0 Å². The molecular weight excluding hydrogens is 689 g/mol. The van der Waals surface area contributed by atoms with Gasteiger partial charge >= 0.3 is 0 Å². The van der Waals surface area contributed by atoms with E-state index in [1.807, 2.05) is 23.5 Å². The summed E-state index contributed by atoms with van der Waals surface area (Å²) in [5.41, 5.74) is 12.2. The molecule has 6 aliphatic rings. The fourth-order valence-electron chi connectivity index (χ4n) is 6.55. The van der Waals surface area contributed by atoms with E-state index in [1.54, 1.807) is 19.6 Å². The summed E-state index contributed by atoms with van der Waals surface area (Å²) in [6.45, 7) is 4.60. The van der Waals surface area contributed by atoms with Gasteiger partial charge in [-0.3, -0.25) is 0 Å². The van der Waals surface area contributed by atoms with Crippen molar-refractivity contribution in [3.05, 3.63) is 131 Å². The number of rotatable bonds is 8. The molecule has 0 saturated carbocycles. The molecule has 0 saturated heterocycles. The van der Waals surface area contributed by atoms with Gasteiger partial charge in [-0.05, 0) is 68.9 Å². The summed E-state index contributed by atoms with van der Waals surface area (Å²) in [7, 11) is 0. The second kappa shape index (κ2) is 13.7. The van der Waals surface area contributed by atoms with Gasteiger partial charge in [0.15, 0.2) is 0 Å². The zero-order valence-corrected chi connectivity index (χ0v) is 31.4. The molecule has 2 bridgehead atoms. The van der Waals surface area contributed by atoms with Crippen LogP contribution < -0.4 is 0 Å². The van der Waals surface area contributed by atoms with Gasteiger partial charge in [-0.1, -0.05) is 134 Å². The largest absolute Gasteiger partial charge is 0.117 e. The predicted octanol–water partition coefficient (Wildman–Crippen LogP) is 13.6. The van der Waals surface area contributed by atoms with Crippen molar-refractivity contribution in [3.63, 3.8) is 0 Å². The van der Waals surface area contributed by atoms with E-state index in [9.17, 15) is 0 Å². The zero-order valence-electron chi connectivity index (χ0n) is 24.9. The van der Waals surface area contributed by atoms with E-state index < -0.39 is 0 Å². The third kappa shape index (κ3) is 5.73. The Kier molecular flexibility index (Phi) is 9.62. The molecule has 3 aromatic rings. The van der Waals surface area contributed by atoms with Crippen molar-refractivity contribution in [2.75, 3.05) is 11.5 Å². The first kappa shape index (κ1) is 31.0. The van der Waals surface area contributed by atoms with Crippen LogP contribution in [0, 0.1) is 0 Å². The van der Waals surface area contributed by atoms with Crippen molar-refractivity contribution < 1.29 is 0 Å². The topological polar surface area (TPSA) is 0 Å². The summed E-state index contributed by atoms with van der Waals surface area (Å²) in [5, 5.41) is 0. The van der Waals surface area contributed by atoms with Crippen LogP contribution in [0.2, 0.25) is 0 Å². The highest BCUT2D eigenvalue weighted by Crippen LogP contribution is 2.67. The van der Waals surface area contributed by atoms with Crippen LogP contribution in [0.1, 0.15) is 95.9 Å². The van der Waals surface area contributed by atoms with Gasteiger partial charge in [0.2, 0.25) is 0 Å². The first-order valence-electron chi connectivity index (χ1n) is 15.5. The lowest BCUT2D eigenvalue weighted by atomic mass is 9.61. The number of thioether (sulfide) groups is 8. The highest BCUT2D eigenvalue weighted by Gasteiger charge is 2.41. The normalized spacial score (nSPS) is 21.6. The lowest BCUT2D eigenvalue weighted by molar-refractivity contribution is 0.751. The summed E-state index contributed by atoms with van der Waals surface area (Å²) in [4.78, 5) is 0. The number of fused-ring (bicyclic) bond motifs is 1. The molecule has 0 amide bonds. The molecule has 0 spiro atoms. The summed E-state index contributed by atoms with van der Waals surface area (Å²) in [6, 6.07) is 23.6. The van der Waals surface area contributed by atoms with Gasteiger partial charge in [0, 0.05) is 23.3 Å². The average molecular weight is 723 g/mol. The first-order chi connectivity index (χ1) is 21.7. The van der Waals surface area contributed by atoms with Crippen molar-refractivity contribution >= 4 is 94.1 Å². The Hall–Kier alpha value is -0.320.